The van der Waals surface area contributed by atoms with Gasteiger partial charge in [0.05, 0.1) is 26.7 Å². The standard InChI is InChI=1S/C21H23N3O3/c1-4-23(14-16-10-11-19(26-2)20(12-16)27-3)21(25)18-13-22-15-24(18)17-8-6-5-7-9-17/h5-13,15H,4,14H2,1-3H3. The molecule has 0 atom stereocenters. The van der Waals surface area contributed by atoms with E-state index in [-0.39, 0.29) is 5.91 Å². The van der Waals surface area contributed by atoms with Crippen LogP contribution in [0.5, 0.6) is 11.5 Å². The normalized spacial score (nSPS) is 10.5. The van der Waals surface area contributed by atoms with E-state index in [2.05, 4.69) is 4.98 Å². The first-order valence-corrected chi connectivity index (χ1v) is 8.75. The second kappa shape index (κ2) is 8.40. The molecule has 0 saturated carbocycles. The minimum atomic E-state index is -0.0753. The lowest BCUT2D eigenvalue weighted by molar-refractivity contribution is 0.0744. The minimum Gasteiger partial charge on any atom is -0.493 e. The van der Waals surface area contributed by atoms with Crippen LogP contribution in [-0.2, 0) is 6.54 Å². The number of amides is 1. The number of rotatable bonds is 7. The van der Waals surface area contributed by atoms with Crippen LogP contribution >= 0.6 is 0 Å². The molecule has 3 aromatic rings. The highest BCUT2D eigenvalue weighted by Gasteiger charge is 2.20. The summed E-state index contributed by atoms with van der Waals surface area (Å²) in [6.45, 7) is 3.00. The third kappa shape index (κ3) is 3.95. The van der Waals surface area contributed by atoms with E-state index in [0.717, 1.165) is 11.3 Å². The molecule has 0 radical (unpaired) electrons. The summed E-state index contributed by atoms with van der Waals surface area (Å²) in [4.78, 5) is 19.1. The van der Waals surface area contributed by atoms with E-state index in [4.69, 9.17) is 9.47 Å². The summed E-state index contributed by atoms with van der Waals surface area (Å²) in [5.41, 5.74) is 2.40. The summed E-state index contributed by atoms with van der Waals surface area (Å²) in [6.07, 6.45) is 3.26. The molecule has 0 saturated heterocycles. The van der Waals surface area contributed by atoms with Gasteiger partial charge in [-0.15, -0.1) is 0 Å². The summed E-state index contributed by atoms with van der Waals surface area (Å²) in [6, 6.07) is 15.4. The van der Waals surface area contributed by atoms with Gasteiger partial charge in [-0.2, -0.15) is 0 Å². The number of imidazole rings is 1. The lowest BCUT2D eigenvalue weighted by Gasteiger charge is -2.22. The average Bonchev–Trinajstić information content (AvgIpc) is 3.21. The maximum Gasteiger partial charge on any atom is 0.272 e. The number of hydrogen-bond donors (Lipinski definition) is 0. The van der Waals surface area contributed by atoms with Crippen molar-refractivity contribution in [3.05, 3.63) is 72.3 Å². The fourth-order valence-corrected chi connectivity index (χ4v) is 2.94. The molecule has 6 nitrogen and oxygen atoms in total. The van der Waals surface area contributed by atoms with Crippen molar-refractivity contribution >= 4 is 5.91 Å². The second-order valence-electron chi connectivity index (χ2n) is 5.99. The molecule has 0 aliphatic rings. The number of carbonyl (C=O) groups excluding carboxylic acids is 1. The van der Waals surface area contributed by atoms with Gasteiger partial charge in [-0.05, 0) is 36.8 Å². The maximum atomic E-state index is 13.1. The van der Waals surface area contributed by atoms with Crippen LogP contribution in [0.1, 0.15) is 23.0 Å². The van der Waals surface area contributed by atoms with Crippen molar-refractivity contribution in [2.45, 2.75) is 13.5 Å². The van der Waals surface area contributed by atoms with Crippen LogP contribution in [0.25, 0.3) is 5.69 Å². The predicted molar refractivity (Wildman–Crippen MR) is 104 cm³/mol. The van der Waals surface area contributed by atoms with Crippen LogP contribution in [0.15, 0.2) is 61.1 Å². The molecule has 1 aromatic heterocycles. The van der Waals surface area contributed by atoms with Gasteiger partial charge in [0.25, 0.3) is 5.91 Å². The van der Waals surface area contributed by atoms with Crippen LogP contribution < -0.4 is 9.47 Å². The van der Waals surface area contributed by atoms with Gasteiger partial charge in [-0.25, -0.2) is 4.98 Å². The molecule has 1 heterocycles. The van der Waals surface area contributed by atoms with Crippen molar-refractivity contribution in [3.63, 3.8) is 0 Å². The SMILES string of the molecule is CCN(Cc1ccc(OC)c(OC)c1)C(=O)c1cncn1-c1ccccc1. The largest absolute Gasteiger partial charge is 0.493 e. The predicted octanol–water partition coefficient (Wildman–Crippen LogP) is 3.55. The van der Waals surface area contributed by atoms with Gasteiger partial charge in [0, 0.05) is 18.8 Å². The van der Waals surface area contributed by atoms with Gasteiger partial charge in [0.2, 0.25) is 0 Å². The lowest BCUT2D eigenvalue weighted by Crippen LogP contribution is -2.31. The summed E-state index contributed by atoms with van der Waals surface area (Å²) in [5, 5.41) is 0. The van der Waals surface area contributed by atoms with E-state index in [1.807, 2.05) is 55.5 Å². The Hall–Kier alpha value is -3.28. The number of carbonyl (C=O) groups is 1. The number of ether oxygens (including phenoxy) is 2. The molecular formula is C21H23N3O3. The van der Waals surface area contributed by atoms with E-state index in [9.17, 15) is 4.79 Å². The minimum absolute atomic E-state index is 0.0753. The molecule has 0 fully saturated rings. The summed E-state index contributed by atoms with van der Waals surface area (Å²) >= 11 is 0. The van der Waals surface area contributed by atoms with E-state index in [0.29, 0.717) is 30.3 Å². The number of benzene rings is 2. The molecule has 0 spiro atoms. The highest BCUT2D eigenvalue weighted by molar-refractivity contribution is 5.93. The lowest BCUT2D eigenvalue weighted by atomic mass is 10.1. The smallest absolute Gasteiger partial charge is 0.272 e. The zero-order valence-electron chi connectivity index (χ0n) is 15.8. The Morgan fingerprint density at radius 3 is 2.48 bits per heavy atom. The van der Waals surface area contributed by atoms with Crippen molar-refractivity contribution < 1.29 is 14.3 Å². The van der Waals surface area contributed by atoms with E-state index in [1.54, 1.807) is 36.2 Å². The first-order valence-electron chi connectivity index (χ1n) is 8.75. The van der Waals surface area contributed by atoms with Gasteiger partial charge in [-0.3, -0.25) is 9.36 Å². The topological polar surface area (TPSA) is 56.6 Å². The number of para-hydroxylation sites is 1. The Morgan fingerprint density at radius 1 is 1.07 bits per heavy atom. The molecule has 1 amide bonds. The highest BCUT2D eigenvalue weighted by Crippen LogP contribution is 2.28. The zero-order valence-corrected chi connectivity index (χ0v) is 15.8. The Kier molecular flexibility index (Phi) is 5.76. The quantitative estimate of drug-likeness (QED) is 0.642. The summed E-state index contributed by atoms with van der Waals surface area (Å²) in [7, 11) is 3.20. The molecule has 27 heavy (non-hydrogen) atoms. The Bertz CT molecular complexity index is 906. The van der Waals surface area contributed by atoms with Crippen LogP contribution in [0.4, 0.5) is 0 Å². The highest BCUT2D eigenvalue weighted by atomic mass is 16.5. The van der Waals surface area contributed by atoms with Gasteiger partial charge < -0.3 is 14.4 Å². The van der Waals surface area contributed by atoms with Gasteiger partial charge in [-0.1, -0.05) is 24.3 Å². The van der Waals surface area contributed by atoms with Gasteiger partial charge in [0.15, 0.2) is 11.5 Å². The first-order chi connectivity index (χ1) is 13.2. The fraction of sp³-hybridized carbons (Fsp3) is 0.238. The number of methoxy groups -OCH3 is 2. The molecule has 0 aliphatic carbocycles. The maximum absolute atomic E-state index is 13.1. The van der Waals surface area contributed by atoms with Crippen LogP contribution in [0, 0.1) is 0 Å². The average molecular weight is 365 g/mol. The molecule has 0 unspecified atom stereocenters. The van der Waals surface area contributed by atoms with E-state index < -0.39 is 0 Å². The van der Waals surface area contributed by atoms with Crippen molar-refractivity contribution in [1.29, 1.82) is 0 Å². The fourth-order valence-electron chi connectivity index (χ4n) is 2.94. The molecule has 2 aromatic carbocycles. The molecule has 0 N–H and O–H groups in total. The summed E-state index contributed by atoms with van der Waals surface area (Å²) < 4.78 is 12.4. The molecule has 140 valence electrons. The summed E-state index contributed by atoms with van der Waals surface area (Å²) in [5.74, 6) is 1.24. The first kappa shape index (κ1) is 18.5. The zero-order chi connectivity index (χ0) is 19.2. The van der Waals surface area contributed by atoms with Crippen molar-refractivity contribution in [3.8, 4) is 17.2 Å². The van der Waals surface area contributed by atoms with Crippen LogP contribution in [0.2, 0.25) is 0 Å². The molecule has 6 heteroatoms. The number of aromatic nitrogens is 2. The number of hydrogen-bond acceptors (Lipinski definition) is 4. The monoisotopic (exact) mass is 365 g/mol. The van der Waals surface area contributed by atoms with Crippen molar-refractivity contribution in [2.24, 2.45) is 0 Å². The van der Waals surface area contributed by atoms with Gasteiger partial charge >= 0.3 is 0 Å². The van der Waals surface area contributed by atoms with Gasteiger partial charge in [0.1, 0.15) is 5.69 Å². The Labute approximate surface area is 159 Å². The Morgan fingerprint density at radius 2 is 1.81 bits per heavy atom. The third-order valence-electron chi connectivity index (χ3n) is 4.38. The third-order valence-corrected chi connectivity index (χ3v) is 4.38. The Balaban J connectivity index is 1.85. The van der Waals surface area contributed by atoms with Crippen LogP contribution in [-0.4, -0.2) is 41.1 Å². The van der Waals surface area contributed by atoms with E-state index in [1.165, 1.54) is 0 Å². The molecule has 0 bridgehead atoms. The van der Waals surface area contributed by atoms with Crippen molar-refractivity contribution in [1.82, 2.24) is 14.5 Å². The van der Waals surface area contributed by atoms with E-state index >= 15 is 0 Å². The molecule has 0 aliphatic heterocycles. The molecule has 3 rings (SSSR count). The van der Waals surface area contributed by atoms with Crippen molar-refractivity contribution in [2.75, 3.05) is 20.8 Å². The van der Waals surface area contributed by atoms with Crippen LogP contribution in [0.3, 0.4) is 0 Å². The second-order valence-corrected chi connectivity index (χ2v) is 5.99. The molecular weight excluding hydrogens is 342 g/mol. The number of nitrogens with zero attached hydrogens (tertiary/aromatic N) is 3.